The van der Waals surface area contributed by atoms with Gasteiger partial charge in [-0.1, -0.05) is 25.8 Å². The highest BCUT2D eigenvalue weighted by molar-refractivity contribution is 5.46. The normalized spacial score (nSPS) is 23.8. The van der Waals surface area contributed by atoms with Crippen molar-refractivity contribution in [2.45, 2.75) is 51.7 Å². The molecule has 0 heterocycles. The minimum atomic E-state index is -0.625. The second kappa shape index (κ2) is 7.76. The lowest BCUT2D eigenvalue weighted by Crippen LogP contribution is -2.32. The Bertz CT molecular complexity index is 452. The number of halogens is 1. The summed E-state index contributed by atoms with van der Waals surface area (Å²) in [7, 11) is 0. The molecule has 21 heavy (non-hydrogen) atoms. The monoisotopic (exact) mass is 295 g/mol. The van der Waals surface area contributed by atoms with Crippen molar-refractivity contribution in [1.82, 2.24) is 0 Å². The third-order valence-electron chi connectivity index (χ3n) is 4.19. The lowest BCUT2D eigenvalue weighted by atomic mass is 9.88. The Kier molecular flexibility index (Phi) is 6.00. The number of aliphatic hydroxyl groups excluding tert-OH is 1. The van der Waals surface area contributed by atoms with Crippen molar-refractivity contribution in [1.29, 1.82) is 0 Å². The van der Waals surface area contributed by atoms with E-state index in [9.17, 15) is 9.50 Å². The van der Waals surface area contributed by atoms with Gasteiger partial charge < -0.3 is 15.2 Å². The molecule has 1 fully saturated rings. The molecule has 2 N–H and O–H groups in total. The van der Waals surface area contributed by atoms with E-state index in [0.29, 0.717) is 24.8 Å². The summed E-state index contributed by atoms with van der Waals surface area (Å²) in [5.74, 6) is 0.275. The van der Waals surface area contributed by atoms with Crippen molar-refractivity contribution in [3.63, 3.8) is 0 Å². The molecule has 2 rings (SSSR count). The standard InChI is InChI=1S/C17H26FNO2/c1-12-7-8-16(15(18)9-12)19-10-14(20)11-21-17-6-4-3-5-13(17)2/h7-9,13-14,17,19-20H,3-6,10-11H2,1-2H3. The first-order chi connectivity index (χ1) is 10.1. The van der Waals surface area contributed by atoms with Crippen molar-refractivity contribution >= 4 is 5.69 Å². The van der Waals surface area contributed by atoms with Crippen LogP contribution >= 0.6 is 0 Å². The van der Waals surface area contributed by atoms with Crippen LogP contribution in [0.3, 0.4) is 0 Å². The molecule has 0 amide bonds. The number of hydrogen-bond acceptors (Lipinski definition) is 3. The third-order valence-corrected chi connectivity index (χ3v) is 4.19. The molecular weight excluding hydrogens is 269 g/mol. The molecule has 0 aromatic heterocycles. The third kappa shape index (κ3) is 4.97. The molecule has 0 bridgehead atoms. The number of anilines is 1. The summed E-state index contributed by atoms with van der Waals surface area (Å²) in [5.41, 5.74) is 1.30. The van der Waals surface area contributed by atoms with Crippen molar-refractivity contribution in [3.05, 3.63) is 29.6 Å². The molecule has 0 aliphatic heterocycles. The van der Waals surface area contributed by atoms with Gasteiger partial charge in [-0.2, -0.15) is 0 Å². The summed E-state index contributed by atoms with van der Waals surface area (Å²) in [6.45, 7) is 4.65. The minimum Gasteiger partial charge on any atom is -0.389 e. The highest BCUT2D eigenvalue weighted by atomic mass is 19.1. The summed E-state index contributed by atoms with van der Waals surface area (Å²) in [6.07, 6.45) is 4.39. The Balaban J connectivity index is 1.73. The van der Waals surface area contributed by atoms with Gasteiger partial charge in [0.25, 0.3) is 0 Å². The molecule has 118 valence electrons. The van der Waals surface area contributed by atoms with Crippen LogP contribution < -0.4 is 5.32 Å². The zero-order valence-electron chi connectivity index (χ0n) is 12.9. The maximum atomic E-state index is 13.7. The largest absolute Gasteiger partial charge is 0.389 e. The van der Waals surface area contributed by atoms with E-state index < -0.39 is 6.10 Å². The molecular formula is C17H26FNO2. The molecule has 3 unspecified atom stereocenters. The molecule has 1 saturated carbocycles. The molecule has 0 spiro atoms. The van der Waals surface area contributed by atoms with E-state index in [1.807, 2.05) is 13.0 Å². The molecule has 0 radical (unpaired) electrons. The molecule has 3 atom stereocenters. The Morgan fingerprint density at radius 3 is 2.86 bits per heavy atom. The lowest BCUT2D eigenvalue weighted by Gasteiger charge is -2.29. The van der Waals surface area contributed by atoms with Gasteiger partial charge in [-0.25, -0.2) is 4.39 Å². The van der Waals surface area contributed by atoms with Crippen LogP contribution in [0.1, 0.15) is 38.2 Å². The second-order valence-electron chi connectivity index (χ2n) is 6.15. The van der Waals surface area contributed by atoms with Crippen LogP contribution in [0.2, 0.25) is 0 Å². The van der Waals surface area contributed by atoms with Crippen LogP contribution in [-0.2, 0) is 4.74 Å². The SMILES string of the molecule is Cc1ccc(NCC(O)COC2CCCCC2C)c(F)c1. The van der Waals surface area contributed by atoms with E-state index >= 15 is 0 Å². The summed E-state index contributed by atoms with van der Waals surface area (Å²) in [5, 5.41) is 12.9. The summed E-state index contributed by atoms with van der Waals surface area (Å²) < 4.78 is 19.5. The van der Waals surface area contributed by atoms with E-state index in [1.165, 1.54) is 25.3 Å². The van der Waals surface area contributed by atoms with E-state index in [1.54, 1.807) is 6.07 Å². The van der Waals surface area contributed by atoms with E-state index in [-0.39, 0.29) is 11.9 Å². The minimum absolute atomic E-state index is 0.254. The number of rotatable bonds is 6. The van der Waals surface area contributed by atoms with Gasteiger partial charge >= 0.3 is 0 Å². The van der Waals surface area contributed by atoms with Gasteiger partial charge in [-0.3, -0.25) is 0 Å². The van der Waals surface area contributed by atoms with Crippen LogP contribution in [-0.4, -0.2) is 30.5 Å². The first-order valence-corrected chi connectivity index (χ1v) is 7.86. The smallest absolute Gasteiger partial charge is 0.146 e. The van der Waals surface area contributed by atoms with Crippen molar-refractivity contribution in [2.75, 3.05) is 18.5 Å². The number of aliphatic hydroxyl groups is 1. The van der Waals surface area contributed by atoms with E-state index in [2.05, 4.69) is 12.2 Å². The highest BCUT2D eigenvalue weighted by Crippen LogP contribution is 2.26. The van der Waals surface area contributed by atoms with Crippen molar-refractivity contribution in [3.8, 4) is 0 Å². The van der Waals surface area contributed by atoms with Gasteiger partial charge in [0.1, 0.15) is 5.82 Å². The van der Waals surface area contributed by atoms with Crippen LogP contribution in [0.25, 0.3) is 0 Å². The van der Waals surface area contributed by atoms with Crippen molar-refractivity contribution < 1.29 is 14.2 Å². The Hall–Kier alpha value is -1.13. The Labute approximate surface area is 126 Å². The maximum Gasteiger partial charge on any atom is 0.146 e. The predicted octanol–water partition coefficient (Wildman–Crippen LogP) is 3.50. The van der Waals surface area contributed by atoms with E-state index in [0.717, 1.165) is 12.0 Å². The number of aryl methyl sites for hydroxylation is 1. The van der Waals surface area contributed by atoms with Gasteiger partial charge in [0, 0.05) is 6.54 Å². The van der Waals surface area contributed by atoms with Gasteiger partial charge in [0.05, 0.1) is 24.5 Å². The quantitative estimate of drug-likeness (QED) is 0.844. The molecule has 4 heteroatoms. The maximum absolute atomic E-state index is 13.7. The van der Waals surface area contributed by atoms with Gasteiger partial charge in [-0.05, 0) is 43.4 Å². The van der Waals surface area contributed by atoms with E-state index in [4.69, 9.17) is 4.74 Å². The molecule has 1 aliphatic carbocycles. The summed E-state index contributed by atoms with van der Waals surface area (Å²) in [4.78, 5) is 0. The Morgan fingerprint density at radius 2 is 2.14 bits per heavy atom. The molecule has 1 aromatic rings. The average molecular weight is 295 g/mol. The molecule has 0 saturated heterocycles. The zero-order chi connectivity index (χ0) is 15.2. The van der Waals surface area contributed by atoms with Crippen LogP contribution in [0, 0.1) is 18.7 Å². The second-order valence-corrected chi connectivity index (χ2v) is 6.15. The first kappa shape index (κ1) is 16.2. The topological polar surface area (TPSA) is 41.5 Å². The predicted molar refractivity (Wildman–Crippen MR) is 83.0 cm³/mol. The molecule has 1 aromatic carbocycles. The summed E-state index contributed by atoms with van der Waals surface area (Å²) in [6, 6.07) is 5.02. The zero-order valence-corrected chi connectivity index (χ0v) is 12.9. The highest BCUT2D eigenvalue weighted by Gasteiger charge is 2.22. The Morgan fingerprint density at radius 1 is 1.38 bits per heavy atom. The lowest BCUT2D eigenvalue weighted by molar-refractivity contribution is -0.0424. The fourth-order valence-corrected chi connectivity index (χ4v) is 2.81. The van der Waals surface area contributed by atoms with Crippen LogP contribution in [0.5, 0.6) is 0 Å². The number of ether oxygens (including phenoxy) is 1. The summed E-state index contributed by atoms with van der Waals surface area (Å²) >= 11 is 0. The van der Waals surface area contributed by atoms with Gasteiger partial charge in [0.15, 0.2) is 0 Å². The van der Waals surface area contributed by atoms with Crippen LogP contribution in [0.15, 0.2) is 18.2 Å². The number of hydrogen-bond donors (Lipinski definition) is 2. The van der Waals surface area contributed by atoms with Crippen LogP contribution in [0.4, 0.5) is 10.1 Å². The van der Waals surface area contributed by atoms with Gasteiger partial charge in [-0.15, -0.1) is 0 Å². The molecule has 3 nitrogen and oxygen atoms in total. The fraction of sp³-hybridized carbons (Fsp3) is 0.647. The fourth-order valence-electron chi connectivity index (χ4n) is 2.81. The first-order valence-electron chi connectivity index (χ1n) is 7.86. The number of nitrogens with one attached hydrogen (secondary N) is 1. The number of benzene rings is 1. The van der Waals surface area contributed by atoms with Gasteiger partial charge in [0.2, 0.25) is 0 Å². The van der Waals surface area contributed by atoms with Crippen molar-refractivity contribution in [2.24, 2.45) is 5.92 Å². The average Bonchev–Trinajstić information content (AvgIpc) is 2.45. The molecule has 1 aliphatic rings.